The molecule has 0 radical (unpaired) electrons. The van der Waals surface area contributed by atoms with E-state index in [9.17, 15) is 9.59 Å². The SMILES string of the molecule is COC(=O)C(Nc1ccc(Cl)c(Br)c1)C(=O)OC. The molecule has 0 bridgehead atoms. The molecule has 1 aromatic carbocycles. The standard InChI is InChI=1S/C11H11BrClNO4/c1-17-10(15)9(11(16)18-2)14-6-3-4-8(13)7(12)5-6/h3-5,9,14H,1-2H3. The highest BCUT2D eigenvalue weighted by molar-refractivity contribution is 9.10. The molecule has 0 atom stereocenters. The average Bonchev–Trinajstić information content (AvgIpc) is 2.38. The number of rotatable bonds is 4. The zero-order valence-electron chi connectivity index (χ0n) is 9.70. The number of methoxy groups -OCH3 is 2. The van der Waals surface area contributed by atoms with Crippen LogP contribution >= 0.6 is 27.5 Å². The summed E-state index contributed by atoms with van der Waals surface area (Å²) in [7, 11) is 2.38. The lowest BCUT2D eigenvalue weighted by Gasteiger charge is -2.15. The van der Waals surface area contributed by atoms with Crippen molar-refractivity contribution in [2.45, 2.75) is 6.04 Å². The maximum absolute atomic E-state index is 11.4. The predicted octanol–water partition coefficient (Wildman–Crippen LogP) is 2.23. The maximum atomic E-state index is 11.4. The quantitative estimate of drug-likeness (QED) is 0.675. The average molecular weight is 337 g/mol. The van der Waals surface area contributed by atoms with Crippen molar-refractivity contribution in [2.75, 3.05) is 19.5 Å². The first-order chi connectivity index (χ1) is 8.49. The van der Waals surface area contributed by atoms with Crippen molar-refractivity contribution >= 4 is 45.2 Å². The molecule has 0 amide bonds. The number of halogens is 2. The Morgan fingerprint density at radius 1 is 1.28 bits per heavy atom. The summed E-state index contributed by atoms with van der Waals surface area (Å²) >= 11 is 9.08. The maximum Gasteiger partial charge on any atom is 0.340 e. The topological polar surface area (TPSA) is 64.6 Å². The summed E-state index contributed by atoms with van der Waals surface area (Å²) in [5, 5.41) is 3.23. The van der Waals surface area contributed by atoms with E-state index in [0.29, 0.717) is 15.2 Å². The highest BCUT2D eigenvalue weighted by Gasteiger charge is 2.28. The van der Waals surface area contributed by atoms with E-state index in [2.05, 4.69) is 30.7 Å². The Morgan fingerprint density at radius 2 is 1.83 bits per heavy atom. The van der Waals surface area contributed by atoms with Gasteiger partial charge in [-0.15, -0.1) is 0 Å². The molecular formula is C11H11BrClNO4. The predicted molar refractivity (Wildman–Crippen MR) is 70.6 cm³/mol. The van der Waals surface area contributed by atoms with Gasteiger partial charge in [0.1, 0.15) is 0 Å². The molecule has 0 spiro atoms. The van der Waals surface area contributed by atoms with Gasteiger partial charge >= 0.3 is 11.9 Å². The van der Waals surface area contributed by atoms with E-state index < -0.39 is 18.0 Å². The summed E-state index contributed by atoms with van der Waals surface area (Å²) in [5.41, 5.74) is 0.534. The number of hydrogen-bond acceptors (Lipinski definition) is 5. The molecule has 0 fully saturated rings. The Kier molecular flexibility index (Phi) is 5.43. The fraction of sp³-hybridized carbons (Fsp3) is 0.273. The molecule has 98 valence electrons. The van der Waals surface area contributed by atoms with Gasteiger partial charge in [0, 0.05) is 10.2 Å². The number of carbonyl (C=O) groups excluding carboxylic acids is 2. The Balaban J connectivity index is 2.92. The van der Waals surface area contributed by atoms with Crippen molar-refractivity contribution in [1.82, 2.24) is 0 Å². The van der Waals surface area contributed by atoms with Crippen LogP contribution in [0.5, 0.6) is 0 Å². The van der Waals surface area contributed by atoms with Gasteiger partial charge in [0.25, 0.3) is 0 Å². The monoisotopic (exact) mass is 335 g/mol. The molecule has 1 N–H and O–H groups in total. The minimum atomic E-state index is -1.21. The number of anilines is 1. The summed E-state index contributed by atoms with van der Waals surface area (Å²) in [4.78, 5) is 22.9. The molecule has 0 heterocycles. The minimum absolute atomic E-state index is 0.522. The normalized spacial score (nSPS) is 10.1. The van der Waals surface area contributed by atoms with Gasteiger partial charge in [-0.1, -0.05) is 11.6 Å². The smallest absolute Gasteiger partial charge is 0.340 e. The lowest BCUT2D eigenvalue weighted by molar-refractivity contribution is -0.152. The van der Waals surface area contributed by atoms with E-state index >= 15 is 0 Å². The van der Waals surface area contributed by atoms with Crippen LogP contribution in [0.25, 0.3) is 0 Å². The molecule has 1 aromatic rings. The Bertz CT molecular complexity index is 450. The Morgan fingerprint density at radius 3 is 2.28 bits per heavy atom. The van der Waals surface area contributed by atoms with Gasteiger partial charge in [0.05, 0.1) is 19.2 Å². The van der Waals surface area contributed by atoms with Crippen molar-refractivity contribution in [3.63, 3.8) is 0 Å². The van der Waals surface area contributed by atoms with E-state index in [-0.39, 0.29) is 0 Å². The zero-order valence-corrected chi connectivity index (χ0v) is 12.0. The molecule has 0 aliphatic rings. The van der Waals surface area contributed by atoms with E-state index in [0.717, 1.165) is 0 Å². The second kappa shape index (κ2) is 6.61. The number of nitrogens with one attached hydrogen (secondary N) is 1. The number of hydrogen-bond donors (Lipinski definition) is 1. The minimum Gasteiger partial charge on any atom is -0.467 e. The van der Waals surface area contributed by atoms with Gasteiger partial charge in [-0.25, -0.2) is 9.59 Å². The van der Waals surface area contributed by atoms with Crippen LogP contribution in [-0.2, 0) is 19.1 Å². The van der Waals surface area contributed by atoms with Crippen molar-refractivity contribution in [2.24, 2.45) is 0 Å². The molecule has 18 heavy (non-hydrogen) atoms. The van der Waals surface area contributed by atoms with E-state index in [1.54, 1.807) is 18.2 Å². The van der Waals surface area contributed by atoms with Gasteiger partial charge in [-0.3, -0.25) is 0 Å². The van der Waals surface area contributed by atoms with Gasteiger partial charge in [-0.05, 0) is 34.1 Å². The lowest BCUT2D eigenvalue weighted by Crippen LogP contribution is -2.39. The van der Waals surface area contributed by atoms with Gasteiger partial charge in [-0.2, -0.15) is 0 Å². The number of benzene rings is 1. The van der Waals surface area contributed by atoms with Gasteiger partial charge in [0.2, 0.25) is 6.04 Å². The molecule has 0 saturated carbocycles. The van der Waals surface area contributed by atoms with Crippen molar-refractivity contribution in [3.05, 3.63) is 27.7 Å². The number of ether oxygens (including phenoxy) is 2. The van der Waals surface area contributed by atoms with Crippen LogP contribution in [0.3, 0.4) is 0 Å². The molecule has 1 rings (SSSR count). The summed E-state index contributed by atoms with van der Waals surface area (Å²) in [6.07, 6.45) is 0. The molecule has 0 aromatic heterocycles. The van der Waals surface area contributed by atoms with Gasteiger partial charge in [0.15, 0.2) is 0 Å². The molecule has 5 nitrogen and oxygen atoms in total. The first-order valence-electron chi connectivity index (χ1n) is 4.87. The van der Waals surface area contributed by atoms with Crippen LogP contribution in [0, 0.1) is 0 Å². The molecule has 0 aliphatic carbocycles. The van der Waals surface area contributed by atoms with Crippen LogP contribution in [0.4, 0.5) is 5.69 Å². The molecule has 0 aliphatic heterocycles. The Hall–Kier alpha value is -1.27. The molecule has 0 unspecified atom stereocenters. The number of carbonyl (C=O) groups is 2. The first-order valence-corrected chi connectivity index (χ1v) is 6.04. The third kappa shape index (κ3) is 3.61. The molecule has 7 heteroatoms. The fourth-order valence-corrected chi connectivity index (χ4v) is 1.70. The van der Waals surface area contributed by atoms with Crippen molar-refractivity contribution in [1.29, 1.82) is 0 Å². The molecular weight excluding hydrogens is 325 g/mol. The number of esters is 2. The van der Waals surface area contributed by atoms with Crippen LogP contribution in [-0.4, -0.2) is 32.2 Å². The highest BCUT2D eigenvalue weighted by atomic mass is 79.9. The Labute approximate surface area is 118 Å². The zero-order chi connectivity index (χ0) is 13.7. The third-order valence-corrected chi connectivity index (χ3v) is 3.32. The van der Waals surface area contributed by atoms with Crippen molar-refractivity contribution < 1.29 is 19.1 Å². The lowest BCUT2D eigenvalue weighted by atomic mass is 10.2. The summed E-state index contributed by atoms with van der Waals surface area (Å²) in [6.45, 7) is 0. The van der Waals surface area contributed by atoms with Crippen LogP contribution in [0.1, 0.15) is 0 Å². The summed E-state index contributed by atoms with van der Waals surface area (Å²) < 4.78 is 9.68. The van der Waals surface area contributed by atoms with E-state index in [1.807, 2.05) is 0 Å². The van der Waals surface area contributed by atoms with Crippen LogP contribution < -0.4 is 5.32 Å². The van der Waals surface area contributed by atoms with E-state index in [4.69, 9.17) is 11.6 Å². The van der Waals surface area contributed by atoms with Crippen molar-refractivity contribution in [3.8, 4) is 0 Å². The van der Waals surface area contributed by atoms with Crippen LogP contribution in [0.2, 0.25) is 5.02 Å². The summed E-state index contributed by atoms with van der Waals surface area (Å²) in [6, 6.07) is 3.68. The van der Waals surface area contributed by atoms with Gasteiger partial charge < -0.3 is 14.8 Å². The largest absolute Gasteiger partial charge is 0.467 e. The third-order valence-electron chi connectivity index (χ3n) is 2.10. The summed E-state index contributed by atoms with van der Waals surface area (Å²) in [5.74, 6) is -1.46. The van der Waals surface area contributed by atoms with Crippen LogP contribution in [0.15, 0.2) is 22.7 Å². The first kappa shape index (κ1) is 14.8. The second-order valence-corrected chi connectivity index (χ2v) is 4.51. The fourth-order valence-electron chi connectivity index (χ4n) is 1.20. The highest BCUT2D eigenvalue weighted by Crippen LogP contribution is 2.26. The molecule has 0 saturated heterocycles. The van der Waals surface area contributed by atoms with E-state index in [1.165, 1.54) is 14.2 Å². The second-order valence-electron chi connectivity index (χ2n) is 3.25.